The molecule has 4 nitrogen and oxygen atoms in total. The predicted octanol–water partition coefficient (Wildman–Crippen LogP) is 0.723. The van der Waals surface area contributed by atoms with Crippen LogP contribution in [0.4, 0.5) is 13.2 Å². The fraction of sp³-hybridized carbons (Fsp3) is 0.875. The quantitative estimate of drug-likeness (QED) is 0.755. The number of aliphatic carboxylic acids is 1. The minimum atomic E-state index is -4.43. The lowest BCUT2D eigenvalue weighted by atomic mass is 10.2. The van der Waals surface area contributed by atoms with Crippen LogP contribution in [-0.4, -0.2) is 54.0 Å². The average Bonchev–Trinajstić information content (AvgIpc) is 2.15. The van der Waals surface area contributed by atoms with Crippen LogP contribution in [0.2, 0.25) is 0 Å². The van der Waals surface area contributed by atoms with Gasteiger partial charge in [0.1, 0.15) is 6.04 Å². The molecule has 1 aliphatic heterocycles. The van der Waals surface area contributed by atoms with Gasteiger partial charge in [0.25, 0.3) is 0 Å². The Labute approximate surface area is 84.6 Å². The number of hydrogen-bond donors (Lipinski definition) is 1. The number of carboxylic acid groups (broad SMARTS) is 1. The van der Waals surface area contributed by atoms with Crippen molar-refractivity contribution in [3.63, 3.8) is 0 Å². The van der Waals surface area contributed by atoms with Crippen molar-refractivity contribution in [2.75, 3.05) is 19.7 Å². The van der Waals surface area contributed by atoms with Crippen molar-refractivity contribution in [2.24, 2.45) is 0 Å². The molecule has 1 saturated heterocycles. The molecule has 88 valence electrons. The standard InChI is InChI=1S/C8H12F3NO3/c1-5(7(13)14)12-2-3-15-6(4-12)8(9,10)11/h5-6H,2-4H2,1H3,(H,13,14). The molecule has 1 rings (SSSR count). The highest BCUT2D eigenvalue weighted by atomic mass is 19.4. The molecule has 0 aromatic carbocycles. The molecule has 0 spiro atoms. The number of nitrogens with zero attached hydrogens (tertiary/aromatic N) is 1. The van der Waals surface area contributed by atoms with E-state index in [4.69, 9.17) is 5.11 Å². The van der Waals surface area contributed by atoms with Crippen molar-refractivity contribution < 1.29 is 27.8 Å². The van der Waals surface area contributed by atoms with Crippen LogP contribution in [0.3, 0.4) is 0 Å². The molecule has 0 aromatic rings. The SMILES string of the molecule is CC(C(=O)O)N1CCOC(C(F)(F)F)C1. The topological polar surface area (TPSA) is 49.8 Å². The maximum atomic E-state index is 12.3. The van der Waals surface area contributed by atoms with Crippen molar-refractivity contribution in [3.05, 3.63) is 0 Å². The third-order valence-corrected chi connectivity index (χ3v) is 2.37. The summed E-state index contributed by atoms with van der Waals surface area (Å²) in [5.74, 6) is -1.13. The number of carboxylic acids is 1. The van der Waals surface area contributed by atoms with Crippen molar-refractivity contribution in [3.8, 4) is 0 Å². The van der Waals surface area contributed by atoms with Crippen molar-refractivity contribution >= 4 is 5.97 Å². The summed E-state index contributed by atoms with van der Waals surface area (Å²) in [5, 5.41) is 8.66. The summed E-state index contributed by atoms with van der Waals surface area (Å²) in [6.07, 6.45) is -6.32. The van der Waals surface area contributed by atoms with Crippen LogP contribution in [-0.2, 0) is 9.53 Å². The van der Waals surface area contributed by atoms with E-state index in [-0.39, 0.29) is 13.2 Å². The number of carbonyl (C=O) groups is 1. The van der Waals surface area contributed by atoms with Gasteiger partial charge in [0.2, 0.25) is 0 Å². The lowest BCUT2D eigenvalue weighted by Gasteiger charge is -2.35. The van der Waals surface area contributed by atoms with E-state index in [9.17, 15) is 18.0 Å². The van der Waals surface area contributed by atoms with Gasteiger partial charge in [-0.3, -0.25) is 9.69 Å². The molecule has 15 heavy (non-hydrogen) atoms. The van der Waals surface area contributed by atoms with E-state index in [1.165, 1.54) is 11.8 Å². The molecule has 0 aliphatic carbocycles. The Balaban J connectivity index is 2.60. The third kappa shape index (κ3) is 3.07. The van der Waals surface area contributed by atoms with Crippen LogP contribution < -0.4 is 0 Å². The van der Waals surface area contributed by atoms with Gasteiger partial charge in [-0.05, 0) is 6.92 Å². The molecule has 0 saturated carbocycles. The molecule has 1 heterocycles. The summed E-state index contributed by atoms with van der Waals surface area (Å²) in [6.45, 7) is 1.06. The highest BCUT2D eigenvalue weighted by Crippen LogP contribution is 2.26. The molecule has 1 N–H and O–H groups in total. The molecule has 2 atom stereocenters. The number of alkyl halides is 3. The second-order valence-corrected chi connectivity index (χ2v) is 3.41. The fourth-order valence-electron chi connectivity index (χ4n) is 1.38. The van der Waals surface area contributed by atoms with E-state index in [0.29, 0.717) is 0 Å². The Hall–Kier alpha value is -0.820. The summed E-state index contributed by atoms with van der Waals surface area (Å²) < 4.78 is 41.4. The van der Waals surface area contributed by atoms with E-state index >= 15 is 0 Å². The zero-order chi connectivity index (χ0) is 11.6. The molecule has 2 unspecified atom stereocenters. The molecule has 7 heteroatoms. The maximum Gasteiger partial charge on any atom is 0.415 e. The van der Waals surface area contributed by atoms with Crippen molar-refractivity contribution in [1.82, 2.24) is 4.90 Å². The zero-order valence-electron chi connectivity index (χ0n) is 8.12. The first-order chi connectivity index (χ1) is 6.82. The van der Waals surface area contributed by atoms with E-state index < -0.39 is 30.8 Å². The Kier molecular flexibility index (Phi) is 3.56. The van der Waals surface area contributed by atoms with Crippen molar-refractivity contribution in [2.45, 2.75) is 25.2 Å². The fourth-order valence-corrected chi connectivity index (χ4v) is 1.38. The number of morpholine rings is 1. The van der Waals surface area contributed by atoms with Gasteiger partial charge >= 0.3 is 12.1 Å². The summed E-state index contributed by atoms with van der Waals surface area (Å²) in [4.78, 5) is 11.8. The van der Waals surface area contributed by atoms with E-state index in [1.807, 2.05) is 0 Å². The van der Waals surface area contributed by atoms with E-state index in [2.05, 4.69) is 4.74 Å². The molecular formula is C8H12F3NO3. The Bertz CT molecular complexity index is 244. The first kappa shape index (κ1) is 12.3. The minimum Gasteiger partial charge on any atom is -0.480 e. The number of rotatable bonds is 2. The number of ether oxygens (including phenoxy) is 1. The molecule has 0 bridgehead atoms. The molecule has 0 radical (unpaired) electrons. The summed E-state index contributed by atoms with van der Waals surface area (Å²) in [7, 11) is 0. The predicted molar refractivity (Wildman–Crippen MR) is 44.5 cm³/mol. The second-order valence-electron chi connectivity index (χ2n) is 3.41. The van der Waals surface area contributed by atoms with Gasteiger partial charge < -0.3 is 9.84 Å². The van der Waals surface area contributed by atoms with Crippen molar-refractivity contribution in [1.29, 1.82) is 0 Å². The molecule has 1 fully saturated rings. The normalized spacial score (nSPS) is 26.3. The van der Waals surface area contributed by atoms with Gasteiger partial charge in [-0.25, -0.2) is 0 Å². The Morgan fingerprint density at radius 1 is 1.60 bits per heavy atom. The Morgan fingerprint density at radius 2 is 2.20 bits per heavy atom. The van der Waals surface area contributed by atoms with Crippen LogP contribution >= 0.6 is 0 Å². The molecule has 0 amide bonds. The molecular weight excluding hydrogens is 215 g/mol. The van der Waals surface area contributed by atoms with Gasteiger partial charge in [0.05, 0.1) is 6.61 Å². The van der Waals surface area contributed by atoms with Crippen LogP contribution in [0.5, 0.6) is 0 Å². The van der Waals surface area contributed by atoms with Gasteiger partial charge in [0.15, 0.2) is 6.10 Å². The summed E-state index contributed by atoms with van der Waals surface area (Å²) >= 11 is 0. The average molecular weight is 227 g/mol. The monoisotopic (exact) mass is 227 g/mol. The summed E-state index contributed by atoms with van der Waals surface area (Å²) in [5.41, 5.74) is 0. The third-order valence-electron chi connectivity index (χ3n) is 2.37. The lowest BCUT2D eigenvalue weighted by Crippen LogP contribution is -2.53. The van der Waals surface area contributed by atoms with Gasteiger partial charge in [-0.1, -0.05) is 0 Å². The molecule has 0 aromatic heterocycles. The first-order valence-electron chi connectivity index (χ1n) is 4.47. The number of halogens is 3. The van der Waals surface area contributed by atoms with Crippen LogP contribution in [0, 0.1) is 0 Å². The van der Waals surface area contributed by atoms with Crippen LogP contribution in [0.25, 0.3) is 0 Å². The summed E-state index contributed by atoms with van der Waals surface area (Å²) in [6, 6.07) is -0.918. The van der Waals surface area contributed by atoms with Gasteiger partial charge in [0, 0.05) is 13.1 Å². The zero-order valence-corrected chi connectivity index (χ0v) is 8.12. The first-order valence-corrected chi connectivity index (χ1v) is 4.47. The lowest BCUT2D eigenvalue weighted by molar-refractivity contribution is -0.239. The Morgan fingerprint density at radius 3 is 2.67 bits per heavy atom. The van der Waals surface area contributed by atoms with Crippen LogP contribution in [0.15, 0.2) is 0 Å². The van der Waals surface area contributed by atoms with Gasteiger partial charge in [-0.2, -0.15) is 13.2 Å². The largest absolute Gasteiger partial charge is 0.480 e. The smallest absolute Gasteiger partial charge is 0.415 e. The maximum absolute atomic E-state index is 12.3. The van der Waals surface area contributed by atoms with E-state index in [0.717, 1.165) is 0 Å². The number of hydrogen-bond acceptors (Lipinski definition) is 3. The minimum absolute atomic E-state index is 0.0954. The highest BCUT2D eigenvalue weighted by Gasteiger charge is 2.44. The van der Waals surface area contributed by atoms with Gasteiger partial charge in [-0.15, -0.1) is 0 Å². The highest BCUT2D eigenvalue weighted by molar-refractivity contribution is 5.72. The van der Waals surface area contributed by atoms with Crippen LogP contribution in [0.1, 0.15) is 6.92 Å². The van der Waals surface area contributed by atoms with E-state index in [1.54, 1.807) is 0 Å². The molecule has 1 aliphatic rings. The second kappa shape index (κ2) is 4.36.